The molecule has 0 spiro atoms. The fourth-order valence-electron chi connectivity index (χ4n) is 0. The number of urea groups is 1. The van der Waals surface area contributed by atoms with Gasteiger partial charge in [0.25, 0.3) is 0 Å². The molecule has 0 radical (unpaired) electrons. The maximum absolute atomic E-state index is 9.00. The molecule has 0 fully saturated rings. The van der Waals surface area contributed by atoms with E-state index in [0.29, 0.717) is 0 Å². The zero-order valence-electron chi connectivity index (χ0n) is 7.82. The maximum atomic E-state index is 9.00. The van der Waals surface area contributed by atoms with E-state index in [1.807, 2.05) is 0 Å². The van der Waals surface area contributed by atoms with Gasteiger partial charge in [0.2, 0.25) is 0 Å². The molecule has 0 aliphatic heterocycles. The van der Waals surface area contributed by atoms with Gasteiger partial charge in [-0.1, -0.05) is 0 Å². The van der Waals surface area contributed by atoms with Crippen molar-refractivity contribution in [3.8, 4) is 0 Å². The van der Waals surface area contributed by atoms with E-state index in [1.54, 1.807) is 0 Å². The van der Waals surface area contributed by atoms with Gasteiger partial charge in [-0.15, -0.1) is 0 Å². The van der Waals surface area contributed by atoms with E-state index in [0.717, 1.165) is 0 Å². The van der Waals surface area contributed by atoms with Gasteiger partial charge in [0.05, 0.1) is 0 Å². The number of nitrogens with two attached hydrogens (primary N) is 2. The highest BCUT2D eigenvalue weighted by molar-refractivity contribution is 6.31. The van der Waals surface area contributed by atoms with Crippen LogP contribution in [0.5, 0.6) is 0 Å². The number of rotatable bonds is 0. The van der Waals surface area contributed by atoms with Crippen molar-refractivity contribution in [2.75, 3.05) is 0 Å². The van der Waals surface area contributed by atoms with Crippen molar-refractivity contribution < 1.29 is 50.0 Å². The molecule has 15 heteroatoms. The Morgan fingerprint density at radius 1 is 0.625 bits per heavy atom. The molecule has 0 unspecified atom stereocenters. The molecule has 0 aliphatic carbocycles. The standard InChI is InChI=1S/CH4N2O.3BH3O3/c4*2-1(3)4/h(H4,2,3,4);3*2-4H. The third-order valence-electron chi connectivity index (χ3n) is 0. The second-order valence-electron chi connectivity index (χ2n) is 1.44. The Morgan fingerprint density at radius 3 is 0.625 bits per heavy atom. The number of carbonyl (C=O) groups excluding carboxylic acids is 1. The number of hydrogen-bond acceptors (Lipinski definition) is 10. The van der Waals surface area contributed by atoms with Crippen molar-refractivity contribution in [2.24, 2.45) is 11.5 Å². The fourth-order valence-corrected chi connectivity index (χ4v) is 0. The zero-order chi connectivity index (χ0) is 14.3. The first-order chi connectivity index (χ1) is 6.93. The van der Waals surface area contributed by atoms with Gasteiger partial charge < -0.3 is 56.7 Å². The van der Waals surface area contributed by atoms with Crippen LogP contribution in [0.2, 0.25) is 0 Å². The molecule has 12 nitrogen and oxygen atoms in total. The van der Waals surface area contributed by atoms with Crippen molar-refractivity contribution in [2.45, 2.75) is 0 Å². The predicted octanol–water partition coefficient (Wildman–Crippen LogP) is -7.13. The molecule has 16 heavy (non-hydrogen) atoms. The summed E-state index contributed by atoms with van der Waals surface area (Å²) in [6.07, 6.45) is 0. The van der Waals surface area contributed by atoms with E-state index in [-0.39, 0.29) is 0 Å². The summed E-state index contributed by atoms with van der Waals surface area (Å²) in [6, 6.07) is -0.833. The van der Waals surface area contributed by atoms with E-state index in [2.05, 4.69) is 11.5 Å². The van der Waals surface area contributed by atoms with Crippen LogP contribution in [0.1, 0.15) is 0 Å². The van der Waals surface area contributed by atoms with Crippen LogP contribution >= 0.6 is 0 Å². The van der Waals surface area contributed by atoms with Gasteiger partial charge >= 0.3 is 28.0 Å². The Hall–Kier alpha value is -0.895. The third kappa shape index (κ3) is 2400. The Balaban J connectivity index is -0.0000000600. The van der Waals surface area contributed by atoms with E-state index in [1.165, 1.54) is 0 Å². The van der Waals surface area contributed by atoms with Crippen LogP contribution in [-0.2, 0) is 0 Å². The second kappa shape index (κ2) is 19.6. The molecule has 0 saturated carbocycles. The van der Waals surface area contributed by atoms with E-state index < -0.39 is 28.0 Å². The minimum Gasteiger partial charge on any atom is -0.402 e. The first-order valence-electron chi connectivity index (χ1n) is 3.11. The molecule has 0 rings (SSSR count). The van der Waals surface area contributed by atoms with Crippen LogP contribution < -0.4 is 11.5 Å². The molecule has 0 saturated heterocycles. The molecular weight excluding hydrogens is 232 g/mol. The van der Waals surface area contributed by atoms with E-state index in [4.69, 9.17) is 50.0 Å². The molecule has 96 valence electrons. The summed E-state index contributed by atoms with van der Waals surface area (Å²) in [6.45, 7) is 0. The quantitative estimate of drug-likeness (QED) is 0.180. The van der Waals surface area contributed by atoms with Crippen LogP contribution in [0.3, 0.4) is 0 Å². The number of hydrogen-bond donors (Lipinski definition) is 11. The number of carbonyl (C=O) groups is 1. The van der Waals surface area contributed by atoms with Gasteiger partial charge in [0.15, 0.2) is 0 Å². The minimum atomic E-state index is -2.17. The summed E-state index contributed by atoms with van der Waals surface area (Å²) >= 11 is 0. The molecule has 0 heterocycles. The van der Waals surface area contributed by atoms with Crippen LogP contribution in [0, 0.1) is 0 Å². The SMILES string of the molecule is NC(N)=O.OB(O)O.OB(O)O.OB(O)O. The number of primary amides is 2. The predicted molar refractivity (Wildman–Crippen MR) is 51.0 cm³/mol. The topological polar surface area (TPSA) is 251 Å². The lowest BCUT2D eigenvalue weighted by Crippen LogP contribution is -2.18. The van der Waals surface area contributed by atoms with Crippen LogP contribution in [0.4, 0.5) is 4.79 Å². The first-order valence-corrected chi connectivity index (χ1v) is 3.11. The van der Waals surface area contributed by atoms with Crippen molar-refractivity contribution in [1.82, 2.24) is 0 Å². The summed E-state index contributed by atoms with van der Waals surface area (Å²) in [5.41, 5.74) is 8.50. The van der Waals surface area contributed by atoms with Crippen LogP contribution in [0.15, 0.2) is 0 Å². The summed E-state index contributed by atoms with van der Waals surface area (Å²) < 4.78 is 0. The third-order valence-corrected chi connectivity index (χ3v) is 0. The monoisotopic (exact) mass is 246 g/mol. The molecule has 13 N–H and O–H groups in total. The largest absolute Gasteiger partial charge is 0.631 e. The van der Waals surface area contributed by atoms with Crippen LogP contribution in [0.25, 0.3) is 0 Å². The lowest BCUT2D eigenvalue weighted by Gasteiger charge is -1.69. The first kappa shape index (κ1) is 24.4. The van der Waals surface area contributed by atoms with Gasteiger partial charge in [0.1, 0.15) is 0 Å². The maximum Gasteiger partial charge on any atom is 0.631 e. The normalized spacial score (nSPS) is 6.56. The highest BCUT2D eigenvalue weighted by Gasteiger charge is 1.93. The fraction of sp³-hybridized carbons (Fsp3) is 0. The van der Waals surface area contributed by atoms with Crippen molar-refractivity contribution in [3.63, 3.8) is 0 Å². The number of amides is 2. The minimum absolute atomic E-state index is 0.833. The molecule has 0 aliphatic rings. The van der Waals surface area contributed by atoms with Crippen LogP contribution in [-0.4, -0.2) is 73.2 Å². The Bertz CT molecular complexity index is 105. The average molecular weight is 246 g/mol. The molecule has 0 atom stereocenters. The molecular formula is CH13B3N2O10. The van der Waals surface area contributed by atoms with E-state index in [9.17, 15) is 0 Å². The Labute approximate surface area is 90.5 Å². The lowest BCUT2D eigenvalue weighted by molar-refractivity contribution is 0.256. The van der Waals surface area contributed by atoms with Gasteiger partial charge in [0, 0.05) is 0 Å². The lowest BCUT2D eigenvalue weighted by atomic mass is 10.3. The van der Waals surface area contributed by atoms with E-state index >= 15 is 0 Å². The average Bonchev–Trinajstić information content (AvgIpc) is 1.76. The van der Waals surface area contributed by atoms with Gasteiger partial charge in [-0.3, -0.25) is 0 Å². The molecule has 0 bridgehead atoms. The smallest absolute Gasteiger partial charge is 0.402 e. The highest BCUT2D eigenvalue weighted by atomic mass is 16.5. The summed E-state index contributed by atoms with van der Waals surface area (Å²) in [7, 11) is -6.50. The molecule has 2 amide bonds. The summed E-state index contributed by atoms with van der Waals surface area (Å²) in [4.78, 5) is 9.00. The van der Waals surface area contributed by atoms with Crippen molar-refractivity contribution in [1.29, 1.82) is 0 Å². The molecule has 0 aromatic carbocycles. The zero-order valence-corrected chi connectivity index (χ0v) is 7.82. The summed E-state index contributed by atoms with van der Waals surface area (Å²) in [5.74, 6) is 0. The van der Waals surface area contributed by atoms with Gasteiger partial charge in [-0.25, -0.2) is 4.79 Å². The highest BCUT2D eigenvalue weighted by Crippen LogP contribution is 1.41. The van der Waals surface area contributed by atoms with Gasteiger partial charge in [-0.2, -0.15) is 0 Å². The molecule has 0 aromatic rings. The Morgan fingerprint density at radius 2 is 0.625 bits per heavy atom. The van der Waals surface area contributed by atoms with Crippen molar-refractivity contribution in [3.05, 3.63) is 0 Å². The summed E-state index contributed by atoms with van der Waals surface area (Å²) in [5, 5.41) is 64.5. The van der Waals surface area contributed by atoms with Gasteiger partial charge in [-0.05, 0) is 0 Å². The van der Waals surface area contributed by atoms with Crippen molar-refractivity contribution >= 4 is 28.0 Å². The second-order valence-corrected chi connectivity index (χ2v) is 1.44. The Kier molecular flexibility index (Phi) is 29.9. The molecule has 0 aromatic heterocycles.